The molecular weight excluding hydrogens is 328 g/mol. The van der Waals surface area contributed by atoms with Crippen molar-refractivity contribution in [3.05, 3.63) is 42.0 Å². The molecule has 1 heterocycles. The smallest absolute Gasteiger partial charge is 0.245 e. The van der Waals surface area contributed by atoms with Crippen LogP contribution in [-0.2, 0) is 25.8 Å². The van der Waals surface area contributed by atoms with Gasteiger partial charge in [0.2, 0.25) is 11.8 Å². The molecule has 0 N–H and O–H groups in total. The Bertz CT molecular complexity index is 738. The number of carbonyl (C=O) groups excluding carboxylic acids is 2. The van der Waals surface area contributed by atoms with Crippen LogP contribution in [0.25, 0.3) is 0 Å². The summed E-state index contributed by atoms with van der Waals surface area (Å²) in [4.78, 5) is 24.8. The highest BCUT2D eigenvalue weighted by atomic mass is 32.2. The molecule has 24 heavy (non-hydrogen) atoms. The van der Waals surface area contributed by atoms with E-state index in [4.69, 9.17) is 0 Å². The standard InChI is InChI=1S/C17H22N2O4S/c1-3-4-6-16(20)18-11-5-12-19(18)17(21)13-14-7-9-15(10-8-14)24(2,22)23/h3-4,7-10H,5-6,11-13H2,1-2H3/b4-3+. The van der Waals surface area contributed by atoms with E-state index in [-0.39, 0.29) is 29.6 Å². The first-order valence-electron chi connectivity index (χ1n) is 7.83. The van der Waals surface area contributed by atoms with Crippen molar-refractivity contribution in [1.82, 2.24) is 10.0 Å². The maximum Gasteiger partial charge on any atom is 0.245 e. The first-order chi connectivity index (χ1) is 11.3. The van der Waals surface area contributed by atoms with Crippen LogP contribution in [0.2, 0.25) is 0 Å². The van der Waals surface area contributed by atoms with Gasteiger partial charge in [-0.15, -0.1) is 0 Å². The quantitative estimate of drug-likeness (QED) is 0.756. The van der Waals surface area contributed by atoms with Crippen LogP contribution in [0.3, 0.4) is 0 Å². The van der Waals surface area contributed by atoms with Gasteiger partial charge in [0.25, 0.3) is 0 Å². The Labute approximate surface area is 142 Å². The number of allylic oxidation sites excluding steroid dienone is 1. The van der Waals surface area contributed by atoms with Gasteiger partial charge in [0.1, 0.15) is 0 Å². The molecule has 0 spiro atoms. The fraction of sp³-hybridized carbons (Fsp3) is 0.412. The van der Waals surface area contributed by atoms with Gasteiger partial charge < -0.3 is 0 Å². The zero-order chi connectivity index (χ0) is 17.7. The summed E-state index contributed by atoms with van der Waals surface area (Å²) >= 11 is 0. The molecule has 1 aromatic rings. The number of nitrogens with zero attached hydrogens (tertiary/aromatic N) is 2. The Hall–Kier alpha value is -2.15. The van der Waals surface area contributed by atoms with Crippen molar-refractivity contribution in [2.24, 2.45) is 0 Å². The minimum absolute atomic E-state index is 0.0913. The van der Waals surface area contributed by atoms with Crippen LogP contribution in [0.15, 0.2) is 41.3 Å². The summed E-state index contributed by atoms with van der Waals surface area (Å²) in [7, 11) is -3.25. The van der Waals surface area contributed by atoms with Gasteiger partial charge in [-0.05, 0) is 31.0 Å². The van der Waals surface area contributed by atoms with E-state index in [2.05, 4.69) is 0 Å². The third-order valence-corrected chi connectivity index (χ3v) is 4.97. The van der Waals surface area contributed by atoms with E-state index in [9.17, 15) is 18.0 Å². The molecule has 0 radical (unpaired) electrons. The van der Waals surface area contributed by atoms with Gasteiger partial charge >= 0.3 is 0 Å². The highest BCUT2D eigenvalue weighted by molar-refractivity contribution is 7.90. The van der Waals surface area contributed by atoms with Crippen molar-refractivity contribution in [2.45, 2.75) is 31.1 Å². The molecule has 2 rings (SSSR count). The van der Waals surface area contributed by atoms with Gasteiger partial charge in [0, 0.05) is 25.8 Å². The van der Waals surface area contributed by atoms with Gasteiger partial charge in [-0.1, -0.05) is 24.3 Å². The lowest BCUT2D eigenvalue weighted by Crippen LogP contribution is -2.45. The Morgan fingerprint density at radius 1 is 1.08 bits per heavy atom. The van der Waals surface area contributed by atoms with Crippen molar-refractivity contribution in [3.8, 4) is 0 Å². The lowest BCUT2D eigenvalue weighted by Gasteiger charge is -2.27. The molecule has 6 nitrogen and oxygen atoms in total. The number of sulfone groups is 1. The second kappa shape index (κ2) is 7.61. The SMILES string of the molecule is C/C=C/CC(=O)N1CCCN1C(=O)Cc1ccc(S(C)(=O)=O)cc1. The summed E-state index contributed by atoms with van der Waals surface area (Å²) in [6.07, 6.45) is 5.91. The monoisotopic (exact) mass is 350 g/mol. The Kier molecular flexibility index (Phi) is 5.77. The lowest BCUT2D eigenvalue weighted by atomic mass is 10.1. The third-order valence-electron chi connectivity index (χ3n) is 3.84. The summed E-state index contributed by atoms with van der Waals surface area (Å²) in [5.41, 5.74) is 0.722. The highest BCUT2D eigenvalue weighted by Gasteiger charge is 2.29. The summed E-state index contributed by atoms with van der Waals surface area (Å²) in [6, 6.07) is 6.26. The largest absolute Gasteiger partial charge is 0.273 e. The summed E-state index contributed by atoms with van der Waals surface area (Å²) in [5.74, 6) is -0.250. The van der Waals surface area contributed by atoms with E-state index in [1.165, 1.54) is 22.2 Å². The van der Waals surface area contributed by atoms with E-state index in [1.807, 2.05) is 13.0 Å². The molecule has 1 fully saturated rings. The zero-order valence-corrected chi connectivity index (χ0v) is 14.8. The van der Waals surface area contributed by atoms with Gasteiger partial charge in [-0.2, -0.15) is 0 Å². The van der Waals surface area contributed by atoms with E-state index in [1.54, 1.807) is 18.2 Å². The highest BCUT2D eigenvalue weighted by Crippen LogP contribution is 2.16. The number of hydrazine groups is 1. The van der Waals surface area contributed by atoms with Crippen LogP contribution in [0.4, 0.5) is 0 Å². The van der Waals surface area contributed by atoms with Crippen molar-refractivity contribution in [1.29, 1.82) is 0 Å². The summed E-state index contributed by atoms with van der Waals surface area (Å²) in [6.45, 7) is 2.93. The number of hydrogen-bond acceptors (Lipinski definition) is 4. The Morgan fingerprint density at radius 2 is 1.67 bits per heavy atom. The summed E-state index contributed by atoms with van der Waals surface area (Å²) in [5, 5.41) is 3.00. The molecular formula is C17H22N2O4S. The molecule has 0 unspecified atom stereocenters. The van der Waals surface area contributed by atoms with Gasteiger partial charge in [0.05, 0.1) is 11.3 Å². The van der Waals surface area contributed by atoms with Crippen LogP contribution >= 0.6 is 0 Å². The van der Waals surface area contributed by atoms with Crippen molar-refractivity contribution in [2.75, 3.05) is 19.3 Å². The number of hydrogen-bond donors (Lipinski definition) is 0. The Balaban J connectivity index is 2.04. The van der Waals surface area contributed by atoms with Crippen LogP contribution in [0.1, 0.15) is 25.3 Å². The van der Waals surface area contributed by atoms with E-state index < -0.39 is 9.84 Å². The lowest BCUT2D eigenvalue weighted by molar-refractivity contribution is -0.156. The van der Waals surface area contributed by atoms with Gasteiger partial charge in [0.15, 0.2) is 9.84 Å². The van der Waals surface area contributed by atoms with Crippen molar-refractivity contribution in [3.63, 3.8) is 0 Å². The normalized spacial score (nSPS) is 15.2. The fourth-order valence-electron chi connectivity index (χ4n) is 2.57. The minimum atomic E-state index is -3.25. The molecule has 130 valence electrons. The molecule has 0 aromatic heterocycles. The molecule has 1 saturated heterocycles. The molecule has 7 heteroatoms. The number of rotatable bonds is 5. The summed E-state index contributed by atoms with van der Waals surface area (Å²) < 4.78 is 22.9. The fourth-order valence-corrected chi connectivity index (χ4v) is 3.21. The molecule has 1 aliphatic heterocycles. The topological polar surface area (TPSA) is 74.8 Å². The number of benzene rings is 1. The van der Waals surface area contributed by atoms with Crippen LogP contribution < -0.4 is 0 Å². The van der Waals surface area contributed by atoms with Crippen LogP contribution in [0.5, 0.6) is 0 Å². The third kappa shape index (κ3) is 4.44. The van der Waals surface area contributed by atoms with Crippen molar-refractivity contribution >= 4 is 21.7 Å². The van der Waals surface area contributed by atoms with E-state index >= 15 is 0 Å². The van der Waals surface area contributed by atoms with E-state index in [0.717, 1.165) is 18.2 Å². The first kappa shape index (κ1) is 18.2. The predicted octanol–water partition coefficient (Wildman–Crippen LogP) is 1.57. The van der Waals surface area contributed by atoms with Crippen molar-refractivity contribution < 1.29 is 18.0 Å². The second-order valence-electron chi connectivity index (χ2n) is 5.75. The number of carbonyl (C=O) groups is 2. The molecule has 2 amide bonds. The minimum Gasteiger partial charge on any atom is -0.273 e. The molecule has 0 aliphatic carbocycles. The maximum absolute atomic E-state index is 12.5. The van der Waals surface area contributed by atoms with Gasteiger partial charge in [-0.25, -0.2) is 8.42 Å². The van der Waals surface area contributed by atoms with E-state index in [0.29, 0.717) is 13.1 Å². The second-order valence-corrected chi connectivity index (χ2v) is 7.77. The Morgan fingerprint density at radius 3 is 2.21 bits per heavy atom. The average Bonchev–Trinajstić information content (AvgIpc) is 3.02. The molecule has 0 saturated carbocycles. The predicted molar refractivity (Wildman–Crippen MR) is 90.7 cm³/mol. The maximum atomic E-state index is 12.5. The average molecular weight is 350 g/mol. The first-order valence-corrected chi connectivity index (χ1v) is 9.73. The molecule has 0 bridgehead atoms. The van der Waals surface area contributed by atoms with Gasteiger partial charge in [-0.3, -0.25) is 19.6 Å². The zero-order valence-electron chi connectivity index (χ0n) is 13.9. The van der Waals surface area contributed by atoms with Crippen LogP contribution in [-0.4, -0.2) is 49.6 Å². The van der Waals surface area contributed by atoms with Crippen LogP contribution in [0, 0.1) is 0 Å². The molecule has 1 aromatic carbocycles. The molecule has 0 atom stereocenters. The molecule has 1 aliphatic rings. The number of amides is 2.